The highest BCUT2D eigenvalue weighted by Gasteiger charge is 2.35. The van der Waals surface area contributed by atoms with Crippen molar-refractivity contribution >= 4 is 39.1 Å². The number of benzene rings is 4. The predicted octanol–water partition coefficient (Wildman–Crippen LogP) is 7.16. The Morgan fingerprint density at radius 3 is 2.22 bits per heavy atom. The Labute approximate surface area is 292 Å². The van der Waals surface area contributed by atoms with Gasteiger partial charge in [-0.15, -0.1) is 0 Å². The molecule has 0 spiro atoms. The monoisotopic (exact) mass is 705 g/mol. The molecule has 1 saturated carbocycles. The fourth-order valence-electron chi connectivity index (χ4n) is 6.07. The second kappa shape index (κ2) is 16.8. The molecule has 49 heavy (non-hydrogen) atoms. The first-order valence-electron chi connectivity index (χ1n) is 16.5. The zero-order chi connectivity index (χ0) is 34.8. The largest absolute Gasteiger partial charge is 0.494 e. The van der Waals surface area contributed by atoms with E-state index in [1.807, 2.05) is 37.3 Å². The fraction of sp³-hybridized carbons (Fsp3) is 0.316. The molecule has 1 aliphatic carbocycles. The standard InChI is InChI=1S/C38H41ClFN3O5S/c1-2-48-34-20-22-35(23-21-34)49(46,47)43(33-18-16-31(40)17-19-33)27-37(44)42(26-29-12-9-13-30(39)24-29)36(25-28-10-5-3-6-11-28)38(45)41-32-14-7-4-8-15-32/h3,5-6,9-13,16-24,32,36H,2,4,7-8,14-15,25-27H2,1H3,(H,41,45)/t36-/m1/s1. The van der Waals surface area contributed by atoms with Crippen molar-refractivity contribution in [2.75, 3.05) is 17.5 Å². The van der Waals surface area contributed by atoms with Crippen LogP contribution in [0.3, 0.4) is 0 Å². The lowest BCUT2D eigenvalue weighted by atomic mass is 9.94. The summed E-state index contributed by atoms with van der Waals surface area (Å²) in [5.74, 6) is -0.989. The van der Waals surface area contributed by atoms with Crippen molar-refractivity contribution < 1.29 is 27.1 Å². The van der Waals surface area contributed by atoms with Crippen molar-refractivity contribution in [2.24, 2.45) is 0 Å². The van der Waals surface area contributed by atoms with Gasteiger partial charge in [-0.1, -0.05) is 73.3 Å². The maximum Gasteiger partial charge on any atom is 0.264 e. The zero-order valence-corrected chi connectivity index (χ0v) is 29.0. The minimum Gasteiger partial charge on any atom is -0.494 e. The van der Waals surface area contributed by atoms with Crippen LogP contribution in [0, 0.1) is 5.82 Å². The van der Waals surface area contributed by atoms with Crippen LogP contribution in [0.4, 0.5) is 10.1 Å². The summed E-state index contributed by atoms with van der Waals surface area (Å²) in [6.45, 7) is 1.57. The predicted molar refractivity (Wildman–Crippen MR) is 189 cm³/mol. The van der Waals surface area contributed by atoms with E-state index in [4.69, 9.17) is 16.3 Å². The van der Waals surface area contributed by atoms with Gasteiger partial charge in [0.1, 0.15) is 24.2 Å². The van der Waals surface area contributed by atoms with E-state index in [0.717, 1.165) is 54.1 Å². The Balaban J connectivity index is 1.55. The Morgan fingerprint density at radius 1 is 0.898 bits per heavy atom. The number of hydrogen-bond acceptors (Lipinski definition) is 5. The lowest BCUT2D eigenvalue weighted by molar-refractivity contribution is -0.140. The molecule has 0 heterocycles. The maximum atomic E-state index is 14.6. The molecule has 1 aliphatic rings. The molecule has 0 aromatic heterocycles. The van der Waals surface area contributed by atoms with Crippen molar-refractivity contribution in [3.63, 3.8) is 0 Å². The van der Waals surface area contributed by atoms with Gasteiger partial charge in [-0.25, -0.2) is 12.8 Å². The Morgan fingerprint density at radius 2 is 1.57 bits per heavy atom. The normalized spacial score (nSPS) is 14.1. The van der Waals surface area contributed by atoms with Crippen LogP contribution < -0.4 is 14.4 Å². The summed E-state index contributed by atoms with van der Waals surface area (Å²) in [5.41, 5.74) is 1.61. The van der Waals surface area contributed by atoms with Crippen LogP contribution >= 0.6 is 11.6 Å². The molecule has 258 valence electrons. The molecule has 0 bridgehead atoms. The molecule has 0 aliphatic heterocycles. The van der Waals surface area contributed by atoms with E-state index in [0.29, 0.717) is 22.9 Å². The van der Waals surface area contributed by atoms with Crippen molar-refractivity contribution in [3.8, 4) is 5.75 Å². The van der Waals surface area contributed by atoms with Gasteiger partial charge in [0.2, 0.25) is 11.8 Å². The number of nitrogens with zero attached hydrogens (tertiary/aromatic N) is 2. The van der Waals surface area contributed by atoms with E-state index < -0.39 is 34.3 Å². The van der Waals surface area contributed by atoms with Gasteiger partial charge in [0.15, 0.2) is 0 Å². The quantitative estimate of drug-likeness (QED) is 0.150. The third-order valence-corrected chi connectivity index (χ3v) is 10.6. The SMILES string of the molecule is CCOc1ccc(S(=O)(=O)N(CC(=O)N(Cc2cccc(Cl)c2)[C@H](Cc2ccccc2)C(=O)NC2CCCCC2)c2ccc(F)cc2)cc1. The van der Waals surface area contributed by atoms with E-state index in [2.05, 4.69) is 5.32 Å². The van der Waals surface area contributed by atoms with Crippen LogP contribution in [0.5, 0.6) is 5.75 Å². The highest BCUT2D eigenvalue weighted by atomic mass is 35.5. The number of nitrogens with one attached hydrogen (secondary N) is 1. The van der Waals surface area contributed by atoms with E-state index in [1.54, 1.807) is 24.3 Å². The number of hydrogen-bond donors (Lipinski definition) is 1. The van der Waals surface area contributed by atoms with E-state index >= 15 is 0 Å². The van der Waals surface area contributed by atoms with Crippen molar-refractivity contribution in [1.29, 1.82) is 0 Å². The summed E-state index contributed by atoms with van der Waals surface area (Å²) in [7, 11) is -4.35. The molecule has 0 unspecified atom stereocenters. The average Bonchev–Trinajstić information content (AvgIpc) is 3.10. The van der Waals surface area contributed by atoms with Crippen LogP contribution in [0.2, 0.25) is 5.02 Å². The number of rotatable bonds is 14. The van der Waals surface area contributed by atoms with Gasteiger partial charge in [0.25, 0.3) is 10.0 Å². The number of amides is 2. The number of anilines is 1. The first-order chi connectivity index (χ1) is 23.6. The number of halogens is 2. The van der Waals surface area contributed by atoms with Crippen LogP contribution in [0.15, 0.2) is 108 Å². The molecule has 5 rings (SSSR count). The molecule has 4 aromatic carbocycles. The van der Waals surface area contributed by atoms with Gasteiger partial charge in [-0.3, -0.25) is 13.9 Å². The first-order valence-corrected chi connectivity index (χ1v) is 18.3. The van der Waals surface area contributed by atoms with Gasteiger partial charge >= 0.3 is 0 Å². The molecule has 1 atom stereocenters. The smallest absolute Gasteiger partial charge is 0.264 e. The number of sulfonamides is 1. The summed E-state index contributed by atoms with van der Waals surface area (Å²) in [4.78, 5) is 30.2. The third-order valence-electron chi connectivity index (χ3n) is 8.58. The number of ether oxygens (including phenoxy) is 1. The first kappa shape index (κ1) is 35.9. The minimum absolute atomic E-state index is 0.00462. The summed E-state index contributed by atoms with van der Waals surface area (Å²) < 4.78 is 48.9. The van der Waals surface area contributed by atoms with E-state index in [-0.39, 0.29) is 35.5 Å². The van der Waals surface area contributed by atoms with Crippen molar-refractivity contribution in [3.05, 3.63) is 125 Å². The number of carbonyl (C=O) groups excluding carboxylic acids is 2. The van der Waals surface area contributed by atoms with Crippen molar-refractivity contribution in [1.82, 2.24) is 10.2 Å². The van der Waals surface area contributed by atoms with Crippen LogP contribution in [-0.2, 0) is 32.6 Å². The second-order valence-electron chi connectivity index (χ2n) is 12.1. The molecule has 0 radical (unpaired) electrons. The molecule has 1 fully saturated rings. The van der Waals surface area contributed by atoms with Gasteiger partial charge in [0, 0.05) is 24.0 Å². The molecular formula is C38H41ClFN3O5S. The van der Waals surface area contributed by atoms with Crippen molar-refractivity contribution in [2.45, 2.75) is 69.0 Å². The summed E-state index contributed by atoms with van der Waals surface area (Å²) >= 11 is 6.33. The second-order valence-corrected chi connectivity index (χ2v) is 14.4. The molecular weight excluding hydrogens is 665 g/mol. The fourth-order valence-corrected chi connectivity index (χ4v) is 7.70. The minimum atomic E-state index is -4.35. The number of carbonyl (C=O) groups is 2. The van der Waals surface area contributed by atoms with Crippen LogP contribution in [0.1, 0.15) is 50.2 Å². The lowest BCUT2D eigenvalue weighted by Crippen LogP contribution is -2.55. The summed E-state index contributed by atoms with van der Waals surface area (Å²) in [5, 5.41) is 3.65. The summed E-state index contributed by atoms with van der Waals surface area (Å²) in [6.07, 6.45) is 5.04. The topological polar surface area (TPSA) is 96.0 Å². The van der Waals surface area contributed by atoms with Crippen LogP contribution in [-0.4, -0.2) is 50.4 Å². The Bertz CT molecular complexity index is 1800. The molecule has 2 amide bonds. The highest BCUT2D eigenvalue weighted by molar-refractivity contribution is 7.92. The average molecular weight is 706 g/mol. The van der Waals surface area contributed by atoms with E-state index in [1.165, 1.54) is 41.3 Å². The molecule has 0 saturated heterocycles. The Kier molecular flexibility index (Phi) is 12.3. The molecule has 8 nitrogen and oxygen atoms in total. The molecule has 4 aromatic rings. The van der Waals surface area contributed by atoms with Gasteiger partial charge in [0.05, 0.1) is 17.2 Å². The maximum absolute atomic E-state index is 14.6. The Hall–Kier alpha value is -4.41. The zero-order valence-electron chi connectivity index (χ0n) is 27.4. The van der Waals surface area contributed by atoms with Gasteiger partial charge in [-0.2, -0.15) is 0 Å². The lowest BCUT2D eigenvalue weighted by Gasteiger charge is -2.35. The highest BCUT2D eigenvalue weighted by Crippen LogP contribution is 2.27. The summed E-state index contributed by atoms with van der Waals surface area (Å²) in [6, 6.07) is 26.2. The third kappa shape index (κ3) is 9.61. The van der Waals surface area contributed by atoms with Gasteiger partial charge < -0.3 is 15.0 Å². The molecule has 11 heteroatoms. The molecule has 1 N–H and O–H groups in total. The van der Waals surface area contributed by atoms with Crippen LogP contribution in [0.25, 0.3) is 0 Å². The van der Waals surface area contributed by atoms with Gasteiger partial charge in [-0.05, 0) is 91.6 Å². The van der Waals surface area contributed by atoms with E-state index in [9.17, 15) is 22.4 Å².